The van der Waals surface area contributed by atoms with Gasteiger partial charge in [-0.15, -0.1) is 0 Å². The van der Waals surface area contributed by atoms with E-state index in [0.29, 0.717) is 0 Å². The summed E-state index contributed by atoms with van der Waals surface area (Å²) in [5, 5.41) is 0. The van der Waals surface area contributed by atoms with Crippen LogP contribution in [0.2, 0.25) is 0 Å². The molecule has 1 heterocycles. The Kier molecular flexibility index (Phi) is 3.85. The van der Waals surface area contributed by atoms with Crippen LogP contribution >= 0.6 is 0 Å². The SMILES string of the molecule is COS(=O)(=S)OCC1CCCO1. The largest absolute Gasteiger partial charge is 0.376 e. The van der Waals surface area contributed by atoms with Crippen LogP contribution in [0.5, 0.6) is 0 Å². The van der Waals surface area contributed by atoms with E-state index in [-0.39, 0.29) is 12.7 Å². The summed E-state index contributed by atoms with van der Waals surface area (Å²) >= 11 is 4.51. The maximum atomic E-state index is 11.0. The van der Waals surface area contributed by atoms with Gasteiger partial charge in [0.05, 0.1) is 19.8 Å². The first-order valence-corrected chi connectivity index (χ1v) is 6.04. The highest BCUT2D eigenvalue weighted by Crippen LogP contribution is 2.13. The molecule has 0 aromatic rings. The summed E-state index contributed by atoms with van der Waals surface area (Å²) in [6.45, 7) is 1.01. The zero-order valence-electron chi connectivity index (χ0n) is 6.86. The third kappa shape index (κ3) is 3.32. The van der Waals surface area contributed by atoms with Gasteiger partial charge < -0.3 is 4.74 Å². The monoisotopic (exact) mass is 212 g/mol. The fraction of sp³-hybridized carbons (Fsp3) is 1.00. The number of ether oxygens (including phenoxy) is 1. The van der Waals surface area contributed by atoms with E-state index in [0.717, 1.165) is 19.4 Å². The van der Waals surface area contributed by atoms with Gasteiger partial charge in [0, 0.05) is 17.8 Å². The average molecular weight is 212 g/mol. The summed E-state index contributed by atoms with van der Waals surface area (Å²) in [4.78, 5) is 0. The topological polar surface area (TPSA) is 44.8 Å². The fourth-order valence-electron chi connectivity index (χ4n) is 0.983. The molecule has 0 bridgehead atoms. The molecule has 1 saturated heterocycles. The molecular weight excluding hydrogens is 200 g/mol. The van der Waals surface area contributed by atoms with Gasteiger partial charge in [-0.2, -0.15) is 4.21 Å². The summed E-state index contributed by atoms with van der Waals surface area (Å²) < 4.78 is 25.6. The Morgan fingerprint density at radius 2 is 2.50 bits per heavy atom. The van der Waals surface area contributed by atoms with Gasteiger partial charge in [0.2, 0.25) is 0 Å². The summed E-state index contributed by atoms with van der Waals surface area (Å²) in [7, 11) is -1.68. The Hall–Kier alpha value is 0.250. The Balaban J connectivity index is 2.25. The van der Waals surface area contributed by atoms with Gasteiger partial charge in [-0.1, -0.05) is 0 Å². The predicted octanol–water partition coefficient (Wildman–Crippen LogP) is 0.405. The maximum absolute atomic E-state index is 11.0. The van der Waals surface area contributed by atoms with Crippen molar-refractivity contribution < 1.29 is 17.3 Å². The highest BCUT2D eigenvalue weighted by Gasteiger charge is 2.17. The lowest BCUT2D eigenvalue weighted by Crippen LogP contribution is -2.17. The minimum Gasteiger partial charge on any atom is -0.376 e. The molecule has 2 unspecified atom stereocenters. The molecule has 2 atom stereocenters. The van der Waals surface area contributed by atoms with Crippen LogP contribution in [0.1, 0.15) is 12.8 Å². The van der Waals surface area contributed by atoms with Crippen LogP contribution in [0.15, 0.2) is 0 Å². The molecular formula is C6H12O4S2. The molecule has 1 aliphatic heterocycles. The molecule has 0 amide bonds. The van der Waals surface area contributed by atoms with Crippen molar-refractivity contribution >= 4 is 20.2 Å². The summed E-state index contributed by atoms with van der Waals surface area (Å²) in [5.74, 6) is 0. The zero-order valence-corrected chi connectivity index (χ0v) is 8.49. The van der Waals surface area contributed by atoms with E-state index in [1.54, 1.807) is 0 Å². The molecule has 0 spiro atoms. The van der Waals surface area contributed by atoms with E-state index < -0.39 is 9.05 Å². The number of hydrogen-bond acceptors (Lipinski definition) is 5. The standard InChI is InChI=1S/C6H12O4S2/c1-8-12(7,11)10-5-6-3-2-4-9-6/h6H,2-5H2,1H3. The molecule has 6 heteroatoms. The van der Waals surface area contributed by atoms with Crippen molar-refractivity contribution in [2.24, 2.45) is 0 Å². The molecule has 0 aromatic carbocycles. The van der Waals surface area contributed by atoms with Crippen molar-refractivity contribution in [3.63, 3.8) is 0 Å². The minimum absolute atomic E-state index is 0.0314. The van der Waals surface area contributed by atoms with Gasteiger partial charge in [0.25, 0.3) is 9.05 Å². The van der Waals surface area contributed by atoms with Crippen LogP contribution in [-0.2, 0) is 33.3 Å². The highest BCUT2D eigenvalue weighted by atomic mass is 32.9. The second-order valence-corrected chi connectivity index (χ2v) is 5.10. The molecule has 0 aromatic heterocycles. The van der Waals surface area contributed by atoms with E-state index in [2.05, 4.69) is 15.4 Å². The molecule has 1 aliphatic rings. The number of hydrogen-bond donors (Lipinski definition) is 0. The molecule has 0 saturated carbocycles. The lowest BCUT2D eigenvalue weighted by molar-refractivity contribution is 0.0680. The van der Waals surface area contributed by atoms with Crippen LogP contribution in [-0.4, -0.2) is 30.6 Å². The van der Waals surface area contributed by atoms with Crippen LogP contribution in [0, 0.1) is 0 Å². The van der Waals surface area contributed by atoms with Crippen molar-refractivity contribution in [3.05, 3.63) is 0 Å². The van der Waals surface area contributed by atoms with E-state index in [9.17, 15) is 4.21 Å². The summed E-state index contributed by atoms with van der Waals surface area (Å²) in [5.41, 5.74) is 0. The first-order chi connectivity index (χ1) is 5.64. The van der Waals surface area contributed by atoms with Crippen molar-refractivity contribution in [3.8, 4) is 0 Å². The van der Waals surface area contributed by atoms with Gasteiger partial charge in [-0.05, 0) is 12.8 Å². The lowest BCUT2D eigenvalue weighted by atomic mass is 10.2. The van der Waals surface area contributed by atoms with Crippen LogP contribution < -0.4 is 0 Å². The normalized spacial score (nSPS) is 28.6. The molecule has 72 valence electrons. The summed E-state index contributed by atoms with van der Waals surface area (Å²) in [6.07, 6.45) is 2.00. The predicted molar refractivity (Wildman–Crippen MR) is 47.4 cm³/mol. The fourth-order valence-corrected chi connectivity index (χ4v) is 1.56. The Labute approximate surface area is 77.3 Å². The third-order valence-corrected chi connectivity index (χ3v) is 3.16. The second kappa shape index (κ2) is 4.48. The van der Waals surface area contributed by atoms with Gasteiger partial charge in [-0.25, -0.2) is 0 Å². The lowest BCUT2D eigenvalue weighted by Gasteiger charge is -2.09. The minimum atomic E-state index is -2.95. The molecule has 0 radical (unpaired) electrons. The van der Waals surface area contributed by atoms with Crippen LogP contribution in [0.3, 0.4) is 0 Å². The Morgan fingerprint density at radius 1 is 1.75 bits per heavy atom. The molecule has 0 aliphatic carbocycles. The zero-order chi connectivity index (χ0) is 9.03. The van der Waals surface area contributed by atoms with Gasteiger partial charge in [0.15, 0.2) is 0 Å². The first-order valence-electron chi connectivity index (χ1n) is 3.70. The number of rotatable bonds is 4. The molecule has 1 fully saturated rings. The molecule has 12 heavy (non-hydrogen) atoms. The molecule has 1 rings (SSSR count). The second-order valence-electron chi connectivity index (χ2n) is 2.49. The van der Waals surface area contributed by atoms with Gasteiger partial charge in [-0.3, -0.25) is 8.37 Å². The quantitative estimate of drug-likeness (QED) is 0.675. The van der Waals surface area contributed by atoms with E-state index in [1.807, 2.05) is 0 Å². The Bertz CT molecular complexity index is 218. The van der Waals surface area contributed by atoms with E-state index >= 15 is 0 Å². The van der Waals surface area contributed by atoms with Gasteiger partial charge in [0.1, 0.15) is 0 Å². The summed E-state index contributed by atoms with van der Waals surface area (Å²) in [6, 6.07) is 0. The third-order valence-electron chi connectivity index (χ3n) is 1.63. The van der Waals surface area contributed by atoms with Crippen molar-refractivity contribution in [2.75, 3.05) is 20.3 Å². The highest BCUT2D eigenvalue weighted by molar-refractivity contribution is 8.27. The molecule has 0 N–H and O–H groups in total. The average Bonchev–Trinajstić information content (AvgIpc) is 2.53. The maximum Gasteiger partial charge on any atom is 0.268 e. The van der Waals surface area contributed by atoms with Crippen molar-refractivity contribution in [1.29, 1.82) is 0 Å². The van der Waals surface area contributed by atoms with E-state index in [1.165, 1.54) is 7.11 Å². The smallest absolute Gasteiger partial charge is 0.268 e. The first kappa shape index (κ1) is 10.3. The van der Waals surface area contributed by atoms with Crippen molar-refractivity contribution in [1.82, 2.24) is 0 Å². The van der Waals surface area contributed by atoms with E-state index in [4.69, 9.17) is 8.92 Å². The molecule has 4 nitrogen and oxygen atoms in total. The van der Waals surface area contributed by atoms with Crippen LogP contribution in [0.4, 0.5) is 0 Å². The van der Waals surface area contributed by atoms with Crippen molar-refractivity contribution in [2.45, 2.75) is 18.9 Å². The van der Waals surface area contributed by atoms with Gasteiger partial charge >= 0.3 is 0 Å². The Morgan fingerprint density at radius 3 is 3.00 bits per heavy atom. The van der Waals surface area contributed by atoms with Crippen LogP contribution in [0.25, 0.3) is 0 Å².